The van der Waals surface area contributed by atoms with Gasteiger partial charge in [-0.05, 0) is 33.6 Å². The molecule has 0 saturated carbocycles. The fraction of sp³-hybridized carbons (Fsp3) is 0.909. The second kappa shape index (κ2) is 5.95. The highest BCUT2D eigenvalue weighted by atomic mass is 16.6. The van der Waals surface area contributed by atoms with Gasteiger partial charge in [0, 0.05) is 0 Å². The Morgan fingerprint density at radius 2 is 1.87 bits per heavy atom. The predicted molar refractivity (Wildman–Crippen MR) is 59.7 cm³/mol. The molecule has 0 aliphatic rings. The molecular weight excluding hydrogens is 194 g/mol. The van der Waals surface area contributed by atoms with Crippen molar-refractivity contribution in [2.45, 2.75) is 65.2 Å². The highest BCUT2D eigenvalue weighted by Gasteiger charge is 2.22. The van der Waals surface area contributed by atoms with Gasteiger partial charge in [0.2, 0.25) is 0 Å². The first-order valence-corrected chi connectivity index (χ1v) is 5.47. The van der Waals surface area contributed by atoms with Gasteiger partial charge < -0.3 is 15.2 Å². The molecule has 2 N–H and O–H groups in total. The number of amides is 1. The number of aliphatic hydroxyl groups excluding tert-OH is 1. The molecule has 0 spiro atoms. The molecule has 0 radical (unpaired) electrons. The number of alkyl carbamates (subject to hydrolysis) is 1. The maximum Gasteiger partial charge on any atom is 0.407 e. The van der Waals surface area contributed by atoms with Crippen LogP contribution in [0.15, 0.2) is 0 Å². The topological polar surface area (TPSA) is 58.6 Å². The van der Waals surface area contributed by atoms with Crippen molar-refractivity contribution >= 4 is 6.09 Å². The van der Waals surface area contributed by atoms with Crippen molar-refractivity contribution in [3.63, 3.8) is 0 Å². The van der Waals surface area contributed by atoms with Gasteiger partial charge in [0.25, 0.3) is 0 Å². The van der Waals surface area contributed by atoms with E-state index in [1.165, 1.54) is 0 Å². The summed E-state index contributed by atoms with van der Waals surface area (Å²) in [7, 11) is 0. The van der Waals surface area contributed by atoms with Gasteiger partial charge in [0.15, 0.2) is 0 Å². The molecule has 2 atom stereocenters. The fourth-order valence-electron chi connectivity index (χ4n) is 1.21. The Kier molecular flexibility index (Phi) is 5.65. The summed E-state index contributed by atoms with van der Waals surface area (Å²) in [4.78, 5) is 11.4. The lowest BCUT2D eigenvalue weighted by atomic mass is 10.1. The van der Waals surface area contributed by atoms with Crippen LogP contribution in [-0.2, 0) is 4.74 Å². The molecule has 0 heterocycles. The Labute approximate surface area is 92.0 Å². The number of rotatable bonds is 4. The van der Waals surface area contributed by atoms with E-state index >= 15 is 0 Å². The largest absolute Gasteiger partial charge is 0.444 e. The Morgan fingerprint density at radius 1 is 1.33 bits per heavy atom. The van der Waals surface area contributed by atoms with Gasteiger partial charge in [0.05, 0.1) is 12.1 Å². The fourth-order valence-corrected chi connectivity index (χ4v) is 1.21. The first kappa shape index (κ1) is 14.2. The van der Waals surface area contributed by atoms with Crippen molar-refractivity contribution in [1.82, 2.24) is 5.32 Å². The van der Waals surface area contributed by atoms with Crippen LogP contribution in [0.25, 0.3) is 0 Å². The summed E-state index contributed by atoms with van der Waals surface area (Å²) in [6, 6.07) is -0.232. The van der Waals surface area contributed by atoms with Crippen LogP contribution in [0.4, 0.5) is 4.79 Å². The van der Waals surface area contributed by atoms with Gasteiger partial charge in [-0.3, -0.25) is 0 Å². The molecule has 0 bridgehead atoms. The van der Waals surface area contributed by atoms with E-state index in [-0.39, 0.29) is 6.04 Å². The molecule has 0 rings (SSSR count). The van der Waals surface area contributed by atoms with E-state index in [9.17, 15) is 9.90 Å². The van der Waals surface area contributed by atoms with Crippen LogP contribution in [0.2, 0.25) is 0 Å². The van der Waals surface area contributed by atoms with E-state index in [1.54, 1.807) is 0 Å². The van der Waals surface area contributed by atoms with Crippen LogP contribution < -0.4 is 5.32 Å². The van der Waals surface area contributed by atoms with Gasteiger partial charge >= 0.3 is 6.09 Å². The average molecular weight is 217 g/mol. The zero-order valence-corrected chi connectivity index (χ0v) is 10.3. The minimum absolute atomic E-state index is 0.232. The average Bonchev–Trinajstić information content (AvgIpc) is 2.10. The molecule has 0 saturated heterocycles. The molecule has 0 aromatic carbocycles. The Bertz CT molecular complexity index is 198. The summed E-state index contributed by atoms with van der Waals surface area (Å²) in [6.07, 6.45) is 0.326. The Balaban J connectivity index is 4.13. The van der Waals surface area contributed by atoms with Gasteiger partial charge in [-0.2, -0.15) is 0 Å². The quantitative estimate of drug-likeness (QED) is 0.757. The SMILES string of the molecule is CCC(O)[C@H](CC)NC(=O)OC(C)(C)C. The molecule has 0 aliphatic heterocycles. The molecule has 0 aliphatic carbocycles. The van der Waals surface area contributed by atoms with Crippen LogP contribution in [0.1, 0.15) is 47.5 Å². The maximum atomic E-state index is 11.4. The molecule has 0 aromatic heterocycles. The van der Waals surface area contributed by atoms with E-state index in [4.69, 9.17) is 4.74 Å². The zero-order valence-electron chi connectivity index (χ0n) is 10.3. The summed E-state index contributed by atoms with van der Waals surface area (Å²) in [5, 5.41) is 12.3. The monoisotopic (exact) mass is 217 g/mol. The molecule has 4 heteroatoms. The predicted octanol–water partition coefficient (Wildman–Crippen LogP) is 2.06. The maximum absolute atomic E-state index is 11.4. The van der Waals surface area contributed by atoms with Crippen molar-refractivity contribution in [1.29, 1.82) is 0 Å². The lowest BCUT2D eigenvalue weighted by molar-refractivity contribution is 0.0415. The van der Waals surface area contributed by atoms with E-state index < -0.39 is 17.8 Å². The number of hydrogen-bond acceptors (Lipinski definition) is 3. The van der Waals surface area contributed by atoms with E-state index in [2.05, 4.69) is 5.32 Å². The minimum Gasteiger partial charge on any atom is -0.444 e. The van der Waals surface area contributed by atoms with Crippen molar-refractivity contribution in [3.8, 4) is 0 Å². The third-order valence-electron chi connectivity index (χ3n) is 2.02. The van der Waals surface area contributed by atoms with Crippen LogP contribution in [0.3, 0.4) is 0 Å². The molecule has 0 fully saturated rings. The smallest absolute Gasteiger partial charge is 0.407 e. The normalized spacial score (nSPS) is 15.6. The number of nitrogens with one attached hydrogen (secondary N) is 1. The summed E-state index contributed by atoms with van der Waals surface area (Å²) in [6.45, 7) is 9.22. The van der Waals surface area contributed by atoms with Gasteiger partial charge in [0.1, 0.15) is 5.60 Å². The van der Waals surface area contributed by atoms with Crippen molar-refractivity contribution in [2.24, 2.45) is 0 Å². The lowest BCUT2D eigenvalue weighted by Crippen LogP contribution is -2.44. The first-order chi connectivity index (χ1) is 6.80. The van der Waals surface area contributed by atoms with E-state index in [0.717, 1.165) is 0 Å². The van der Waals surface area contributed by atoms with E-state index in [0.29, 0.717) is 12.8 Å². The molecule has 90 valence electrons. The highest BCUT2D eigenvalue weighted by molar-refractivity contribution is 5.68. The standard InChI is InChI=1S/C11H23NO3/c1-6-8(9(13)7-2)12-10(14)15-11(3,4)5/h8-9,13H,6-7H2,1-5H3,(H,12,14)/t8-,9?/m0/s1. The molecule has 0 aromatic rings. The molecular formula is C11H23NO3. The van der Waals surface area contributed by atoms with Gasteiger partial charge in [-0.1, -0.05) is 13.8 Å². The molecule has 15 heavy (non-hydrogen) atoms. The van der Waals surface area contributed by atoms with Crippen LogP contribution in [0, 0.1) is 0 Å². The number of hydrogen-bond donors (Lipinski definition) is 2. The number of carbonyl (C=O) groups is 1. The summed E-state index contributed by atoms with van der Waals surface area (Å²) in [5.41, 5.74) is -0.500. The highest BCUT2D eigenvalue weighted by Crippen LogP contribution is 2.08. The lowest BCUT2D eigenvalue weighted by Gasteiger charge is -2.25. The second-order valence-electron chi connectivity index (χ2n) is 4.64. The van der Waals surface area contributed by atoms with E-state index in [1.807, 2.05) is 34.6 Å². The summed E-state index contributed by atoms with van der Waals surface area (Å²) in [5.74, 6) is 0. The zero-order chi connectivity index (χ0) is 12.1. The summed E-state index contributed by atoms with van der Waals surface area (Å²) >= 11 is 0. The molecule has 1 unspecified atom stereocenters. The number of aliphatic hydroxyl groups is 1. The van der Waals surface area contributed by atoms with Gasteiger partial charge in [-0.15, -0.1) is 0 Å². The Hall–Kier alpha value is -0.770. The third kappa shape index (κ3) is 6.33. The van der Waals surface area contributed by atoms with Crippen molar-refractivity contribution < 1.29 is 14.6 Å². The number of carbonyl (C=O) groups excluding carboxylic acids is 1. The Morgan fingerprint density at radius 3 is 2.20 bits per heavy atom. The van der Waals surface area contributed by atoms with Gasteiger partial charge in [-0.25, -0.2) is 4.79 Å². The second-order valence-corrected chi connectivity index (χ2v) is 4.64. The van der Waals surface area contributed by atoms with Crippen molar-refractivity contribution in [3.05, 3.63) is 0 Å². The van der Waals surface area contributed by atoms with Crippen molar-refractivity contribution in [2.75, 3.05) is 0 Å². The van der Waals surface area contributed by atoms with Crippen LogP contribution in [-0.4, -0.2) is 28.9 Å². The minimum atomic E-state index is -0.512. The summed E-state index contributed by atoms with van der Waals surface area (Å²) < 4.78 is 5.10. The molecule has 4 nitrogen and oxygen atoms in total. The third-order valence-corrected chi connectivity index (χ3v) is 2.02. The molecule has 1 amide bonds. The van der Waals surface area contributed by atoms with Crippen LogP contribution >= 0.6 is 0 Å². The van der Waals surface area contributed by atoms with Crippen LogP contribution in [0.5, 0.6) is 0 Å². The first-order valence-electron chi connectivity index (χ1n) is 5.47. The number of ether oxygens (including phenoxy) is 1.